The van der Waals surface area contributed by atoms with Crippen molar-refractivity contribution in [1.82, 2.24) is 5.48 Å². The first-order chi connectivity index (χ1) is 6.66. The van der Waals surface area contributed by atoms with Crippen LogP contribution in [-0.4, -0.2) is 6.61 Å². The summed E-state index contributed by atoms with van der Waals surface area (Å²) in [6, 6.07) is 3.37. The molecule has 0 aliphatic rings. The van der Waals surface area contributed by atoms with Crippen LogP contribution in [0.3, 0.4) is 0 Å². The van der Waals surface area contributed by atoms with Gasteiger partial charge in [-0.25, -0.2) is 0 Å². The molecule has 0 spiro atoms. The number of hydrogen-bond acceptors (Lipinski definition) is 2. The highest BCUT2D eigenvalue weighted by molar-refractivity contribution is 6.44. The summed E-state index contributed by atoms with van der Waals surface area (Å²) >= 11 is 17.7. The number of benzene rings is 1. The minimum absolute atomic E-state index is 0.437. The van der Waals surface area contributed by atoms with Crippen LogP contribution in [0.15, 0.2) is 12.1 Å². The first-order valence-corrected chi connectivity index (χ1v) is 5.27. The van der Waals surface area contributed by atoms with Crippen LogP contribution in [0.25, 0.3) is 0 Å². The van der Waals surface area contributed by atoms with E-state index >= 15 is 0 Å². The molecular formula is C9H10Cl3NO. The van der Waals surface area contributed by atoms with Crippen molar-refractivity contribution in [3.05, 3.63) is 32.8 Å². The third-order valence-electron chi connectivity index (χ3n) is 1.63. The van der Waals surface area contributed by atoms with Crippen LogP contribution in [0.1, 0.15) is 12.5 Å². The van der Waals surface area contributed by atoms with E-state index in [1.165, 1.54) is 0 Å². The Hall–Kier alpha value is 0.01000. The molecule has 5 heteroatoms. The van der Waals surface area contributed by atoms with Crippen LogP contribution in [-0.2, 0) is 11.4 Å². The number of hydrogen-bond donors (Lipinski definition) is 1. The minimum Gasteiger partial charge on any atom is -0.302 e. The van der Waals surface area contributed by atoms with Crippen LogP contribution in [0, 0.1) is 0 Å². The number of halogens is 3. The predicted molar refractivity (Wildman–Crippen MR) is 59.9 cm³/mol. The highest BCUT2D eigenvalue weighted by Gasteiger charge is 2.08. The molecule has 0 unspecified atom stereocenters. The lowest BCUT2D eigenvalue weighted by Crippen LogP contribution is -2.14. The second-order valence-electron chi connectivity index (χ2n) is 2.58. The van der Waals surface area contributed by atoms with E-state index in [0.29, 0.717) is 28.2 Å². The highest BCUT2D eigenvalue weighted by atomic mass is 35.5. The summed E-state index contributed by atoms with van der Waals surface area (Å²) in [7, 11) is 0. The molecule has 0 fully saturated rings. The monoisotopic (exact) mass is 253 g/mol. The SMILES string of the molecule is CCONCc1c(Cl)ccc(Cl)c1Cl. The van der Waals surface area contributed by atoms with Crippen molar-refractivity contribution < 1.29 is 4.84 Å². The molecule has 0 aromatic heterocycles. The van der Waals surface area contributed by atoms with E-state index in [1.54, 1.807) is 12.1 Å². The maximum Gasteiger partial charge on any atom is 0.0654 e. The molecule has 2 nitrogen and oxygen atoms in total. The van der Waals surface area contributed by atoms with Gasteiger partial charge in [-0.15, -0.1) is 0 Å². The van der Waals surface area contributed by atoms with Gasteiger partial charge in [0, 0.05) is 17.1 Å². The number of hydroxylamine groups is 1. The molecule has 14 heavy (non-hydrogen) atoms. The molecule has 0 aliphatic carbocycles. The Labute approximate surface area is 98.1 Å². The molecule has 0 radical (unpaired) electrons. The maximum absolute atomic E-state index is 5.97. The molecule has 0 atom stereocenters. The van der Waals surface area contributed by atoms with Gasteiger partial charge >= 0.3 is 0 Å². The Bertz CT molecular complexity index is 317. The third kappa shape index (κ3) is 3.01. The summed E-state index contributed by atoms with van der Waals surface area (Å²) in [4.78, 5) is 4.98. The molecule has 0 bridgehead atoms. The van der Waals surface area contributed by atoms with Crippen LogP contribution < -0.4 is 5.48 Å². The first-order valence-electron chi connectivity index (χ1n) is 4.13. The van der Waals surface area contributed by atoms with E-state index < -0.39 is 0 Å². The predicted octanol–water partition coefficient (Wildman–Crippen LogP) is 3.69. The fourth-order valence-electron chi connectivity index (χ4n) is 0.956. The summed E-state index contributed by atoms with van der Waals surface area (Å²) in [6.45, 7) is 2.90. The van der Waals surface area contributed by atoms with Crippen LogP contribution in [0.4, 0.5) is 0 Å². The van der Waals surface area contributed by atoms with Crippen LogP contribution in [0.2, 0.25) is 15.1 Å². The van der Waals surface area contributed by atoms with E-state index in [-0.39, 0.29) is 0 Å². The third-order valence-corrected chi connectivity index (χ3v) is 2.83. The molecule has 1 N–H and O–H groups in total. The average Bonchev–Trinajstić information content (AvgIpc) is 2.18. The number of rotatable bonds is 4. The quantitative estimate of drug-likeness (QED) is 0.503. The summed E-state index contributed by atoms with van der Waals surface area (Å²) in [6.07, 6.45) is 0. The molecule has 1 rings (SSSR count). The molecule has 0 aliphatic heterocycles. The highest BCUT2D eigenvalue weighted by Crippen LogP contribution is 2.31. The Kier molecular flexibility index (Phi) is 4.99. The van der Waals surface area contributed by atoms with Gasteiger partial charge < -0.3 is 4.84 Å². The largest absolute Gasteiger partial charge is 0.302 e. The lowest BCUT2D eigenvalue weighted by molar-refractivity contribution is 0.0463. The van der Waals surface area contributed by atoms with Crippen molar-refractivity contribution >= 4 is 34.8 Å². The van der Waals surface area contributed by atoms with E-state index in [4.69, 9.17) is 39.6 Å². The maximum atomic E-state index is 5.97. The van der Waals surface area contributed by atoms with Crippen molar-refractivity contribution in [3.8, 4) is 0 Å². The second kappa shape index (κ2) is 5.79. The summed E-state index contributed by atoms with van der Waals surface area (Å²) in [5, 5.41) is 1.53. The molecule has 1 aromatic carbocycles. The van der Waals surface area contributed by atoms with Gasteiger partial charge in [0.25, 0.3) is 0 Å². The second-order valence-corrected chi connectivity index (χ2v) is 3.77. The van der Waals surface area contributed by atoms with Crippen LogP contribution >= 0.6 is 34.8 Å². The van der Waals surface area contributed by atoms with Gasteiger partial charge in [-0.05, 0) is 19.1 Å². The fraction of sp³-hybridized carbons (Fsp3) is 0.333. The van der Waals surface area contributed by atoms with Crippen molar-refractivity contribution in [2.24, 2.45) is 0 Å². The molecule has 0 amide bonds. The molecule has 1 aromatic rings. The zero-order valence-electron chi connectivity index (χ0n) is 7.61. The minimum atomic E-state index is 0.437. The number of nitrogens with one attached hydrogen (secondary N) is 1. The standard InChI is InChI=1S/C9H10Cl3NO/c1-2-14-13-5-6-7(10)3-4-8(11)9(6)12/h3-4,13H,2,5H2,1H3. The van der Waals surface area contributed by atoms with E-state index in [2.05, 4.69) is 5.48 Å². The van der Waals surface area contributed by atoms with Gasteiger partial charge in [0.15, 0.2) is 0 Å². The van der Waals surface area contributed by atoms with Crippen molar-refractivity contribution in [2.45, 2.75) is 13.5 Å². The van der Waals surface area contributed by atoms with E-state index in [1.807, 2.05) is 6.92 Å². The summed E-state index contributed by atoms with van der Waals surface area (Å²) < 4.78 is 0. The van der Waals surface area contributed by atoms with Gasteiger partial charge in [0.2, 0.25) is 0 Å². The molecule has 0 heterocycles. The molecule has 78 valence electrons. The Morgan fingerprint density at radius 1 is 1.21 bits per heavy atom. The smallest absolute Gasteiger partial charge is 0.0654 e. The van der Waals surface area contributed by atoms with E-state index in [0.717, 1.165) is 5.56 Å². The lowest BCUT2D eigenvalue weighted by atomic mass is 10.2. The Balaban J connectivity index is 2.79. The average molecular weight is 255 g/mol. The van der Waals surface area contributed by atoms with Crippen molar-refractivity contribution in [3.63, 3.8) is 0 Å². The Morgan fingerprint density at radius 3 is 2.50 bits per heavy atom. The van der Waals surface area contributed by atoms with Gasteiger partial charge in [0.05, 0.1) is 16.7 Å². The molecule has 0 saturated carbocycles. The van der Waals surface area contributed by atoms with Gasteiger partial charge in [-0.2, -0.15) is 5.48 Å². The van der Waals surface area contributed by atoms with Gasteiger partial charge in [0.1, 0.15) is 0 Å². The topological polar surface area (TPSA) is 21.3 Å². The Morgan fingerprint density at radius 2 is 1.86 bits per heavy atom. The lowest BCUT2D eigenvalue weighted by Gasteiger charge is -2.09. The van der Waals surface area contributed by atoms with Crippen LogP contribution in [0.5, 0.6) is 0 Å². The van der Waals surface area contributed by atoms with Gasteiger partial charge in [-0.1, -0.05) is 34.8 Å². The molecule has 0 saturated heterocycles. The normalized spacial score (nSPS) is 10.6. The summed E-state index contributed by atoms with van der Waals surface area (Å²) in [5.74, 6) is 0. The summed E-state index contributed by atoms with van der Waals surface area (Å²) in [5.41, 5.74) is 3.48. The van der Waals surface area contributed by atoms with Crippen molar-refractivity contribution in [1.29, 1.82) is 0 Å². The van der Waals surface area contributed by atoms with E-state index in [9.17, 15) is 0 Å². The molecular weight excluding hydrogens is 244 g/mol. The zero-order chi connectivity index (χ0) is 10.6. The fourth-order valence-corrected chi connectivity index (χ4v) is 1.64. The first kappa shape index (κ1) is 12.1. The van der Waals surface area contributed by atoms with Gasteiger partial charge in [-0.3, -0.25) is 0 Å². The zero-order valence-corrected chi connectivity index (χ0v) is 9.88. The van der Waals surface area contributed by atoms with Crippen molar-refractivity contribution in [2.75, 3.05) is 6.61 Å².